The number of rotatable bonds is 2. The molecule has 0 aliphatic heterocycles. The van der Waals surface area contributed by atoms with Gasteiger partial charge in [-0.05, 0) is 0 Å². The van der Waals surface area contributed by atoms with E-state index < -0.39 is 8.07 Å². The molecule has 1 rings (SSSR count). The van der Waals surface area contributed by atoms with Gasteiger partial charge < -0.3 is 4.42 Å². The SMILES string of the molecule is Cc1coc[n+]1C[Si](C)(C)C. The van der Waals surface area contributed by atoms with Crippen LogP contribution in [0.3, 0.4) is 0 Å². The fraction of sp³-hybridized carbons (Fsp3) is 0.625. The van der Waals surface area contributed by atoms with E-state index in [9.17, 15) is 0 Å². The van der Waals surface area contributed by atoms with Gasteiger partial charge in [-0.2, -0.15) is 4.57 Å². The average molecular weight is 170 g/mol. The summed E-state index contributed by atoms with van der Waals surface area (Å²) in [5.74, 6) is 0. The van der Waals surface area contributed by atoms with Gasteiger partial charge in [0.05, 0.1) is 0 Å². The van der Waals surface area contributed by atoms with Crippen LogP contribution < -0.4 is 4.57 Å². The number of hydrogen-bond acceptors (Lipinski definition) is 1. The highest BCUT2D eigenvalue weighted by Gasteiger charge is 2.22. The van der Waals surface area contributed by atoms with Crippen molar-refractivity contribution in [3.63, 3.8) is 0 Å². The van der Waals surface area contributed by atoms with Crippen LogP contribution >= 0.6 is 0 Å². The molecule has 1 heterocycles. The molecule has 0 aliphatic rings. The summed E-state index contributed by atoms with van der Waals surface area (Å²) in [6, 6.07) is 0. The largest absolute Gasteiger partial charge is 0.412 e. The van der Waals surface area contributed by atoms with Crippen molar-refractivity contribution in [2.24, 2.45) is 0 Å². The summed E-state index contributed by atoms with van der Waals surface area (Å²) in [6.45, 7) is 9.13. The van der Waals surface area contributed by atoms with Crippen LogP contribution in [0.5, 0.6) is 0 Å². The minimum Gasteiger partial charge on any atom is -0.412 e. The molecule has 0 aromatic carbocycles. The second-order valence-corrected chi connectivity index (χ2v) is 9.63. The highest BCUT2D eigenvalue weighted by atomic mass is 28.3. The van der Waals surface area contributed by atoms with Gasteiger partial charge in [0.1, 0.15) is 14.2 Å². The summed E-state index contributed by atoms with van der Waals surface area (Å²) in [5, 5.41) is 0. The molecular weight excluding hydrogens is 154 g/mol. The zero-order valence-electron chi connectivity index (χ0n) is 7.72. The first-order valence-electron chi connectivity index (χ1n) is 3.91. The van der Waals surface area contributed by atoms with Crippen LogP contribution in [0.4, 0.5) is 0 Å². The summed E-state index contributed by atoms with van der Waals surface area (Å²) >= 11 is 0. The van der Waals surface area contributed by atoms with Crippen molar-refractivity contribution in [1.82, 2.24) is 0 Å². The average Bonchev–Trinajstić information content (AvgIpc) is 2.12. The lowest BCUT2D eigenvalue weighted by Gasteiger charge is -2.08. The molecule has 0 saturated heterocycles. The smallest absolute Gasteiger partial charge is 0.334 e. The van der Waals surface area contributed by atoms with E-state index in [1.807, 2.05) is 0 Å². The Morgan fingerprint density at radius 1 is 1.45 bits per heavy atom. The lowest BCUT2D eigenvalue weighted by Crippen LogP contribution is -2.46. The maximum Gasteiger partial charge on any atom is 0.334 e. The molecule has 62 valence electrons. The lowest BCUT2D eigenvalue weighted by atomic mass is 10.6. The highest BCUT2D eigenvalue weighted by Crippen LogP contribution is 2.00. The molecule has 0 aliphatic carbocycles. The monoisotopic (exact) mass is 170 g/mol. The molecule has 0 amide bonds. The molecule has 0 spiro atoms. The normalized spacial score (nSPS) is 12.0. The van der Waals surface area contributed by atoms with E-state index in [0.29, 0.717) is 0 Å². The zero-order valence-corrected chi connectivity index (χ0v) is 8.72. The second kappa shape index (κ2) is 2.81. The molecule has 11 heavy (non-hydrogen) atoms. The van der Waals surface area contributed by atoms with Gasteiger partial charge in [0.2, 0.25) is 5.69 Å². The van der Waals surface area contributed by atoms with E-state index in [1.165, 1.54) is 5.69 Å². The van der Waals surface area contributed by atoms with E-state index in [4.69, 9.17) is 4.42 Å². The molecule has 0 saturated carbocycles. The predicted molar refractivity (Wildman–Crippen MR) is 47.0 cm³/mol. The first kappa shape index (κ1) is 8.52. The molecule has 1 aromatic rings. The number of oxazole rings is 1. The minimum absolute atomic E-state index is 0.990. The third-order valence-corrected chi connectivity index (χ3v) is 2.81. The Bertz CT molecular complexity index is 236. The Kier molecular flexibility index (Phi) is 2.18. The lowest BCUT2D eigenvalue weighted by molar-refractivity contribution is -0.689. The van der Waals surface area contributed by atoms with Crippen LogP contribution in [-0.2, 0) is 6.17 Å². The topological polar surface area (TPSA) is 17.0 Å². The van der Waals surface area contributed by atoms with E-state index in [0.717, 1.165) is 6.17 Å². The fourth-order valence-electron chi connectivity index (χ4n) is 1.03. The van der Waals surface area contributed by atoms with Gasteiger partial charge in [0.25, 0.3) is 0 Å². The molecular formula is C8H16NOSi+. The third kappa shape index (κ3) is 2.50. The molecule has 0 atom stereocenters. The van der Waals surface area contributed by atoms with E-state index in [2.05, 4.69) is 31.1 Å². The van der Waals surface area contributed by atoms with Gasteiger partial charge in [0.15, 0.2) is 6.26 Å². The van der Waals surface area contributed by atoms with E-state index in [-0.39, 0.29) is 0 Å². The van der Waals surface area contributed by atoms with Crippen molar-refractivity contribution in [2.75, 3.05) is 0 Å². The second-order valence-electron chi connectivity index (χ2n) is 4.19. The summed E-state index contributed by atoms with van der Waals surface area (Å²) in [7, 11) is -0.990. The predicted octanol–water partition coefficient (Wildman–Crippen LogP) is 1.75. The van der Waals surface area contributed by atoms with Gasteiger partial charge in [-0.25, -0.2) is 0 Å². The Morgan fingerprint density at radius 3 is 2.45 bits per heavy atom. The number of aromatic nitrogens is 1. The maximum absolute atomic E-state index is 5.08. The summed E-state index contributed by atoms with van der Waals surface area (Å²) < 4.78 is 7.26. The maximum atomic E-state index is 5.08. The van der Waals surface area contributed by atoms with Crippen LogP contribution in [-0.4, -0.2) is 8.07 Å². The van der Waals surface area contributed by atoms with Gasteiger partial charge in [-0.1, -0.05) is 19.6 Å². The molecule has 3 heteroatoms. The molecule has 0 unspecified atom stereocenters. The first-order valence-corrected chi connectivity index (χ1v) is 7.62. The quantitative estimate of drug-likeness (QED) is 0.488. The van der Waals surface area contributed by atoms with Gasteiger partial charge in [-0.3, -0.25) is 0 Å². The molecule has 0 radical (unpaired) electrons. The summed E-state index contributed by atoms with van der Waals surface area (Å²) in [5.41, 5.74) is 1.22. The number of hydrogen-bond donors (Lipinski definition) is 0. The molecule has 2 nitrogen and oxygen atoms in total. The van der Waals surface area contributed by atoms with Crippen LogP contribution in [0.25, 0.3) is 0 Å². The Morgan fingerprint density at radius 2 is 2.09 bits per heavy atom. The van der Waals surface area contributed by atoms with Gasteiger partial charge >= 0.3 is 6.39 Å². The Balaban J connectivity index is 2.72. The van der Waals surface area contributed by atoms with Gasteiger partial charge in [0, 0.05) is 6.92 Å². The van der Waals surface area contributed by atoms with Crippen molar-refractivity contribution < 1.29 is 8.98 Å². The van der Waals surface area contributed by atoms with Crippen LogP contribution in [0, 0.1) is 6.92 Å². The number of nitrogens with zero attached hydrogens (tertiary/aromatic N) is 1. The van der Waals surface area contributed by atoms with Crippen molar-refractivity contribution in [3.05, 3.63) is 18.4 Å². The Labute approximate surface area is 68.9 Å². The fourth-order valence-corrected chi connectivity index (χ4v) is 2.37. The summed E-state index contributed by atoms with van der Waals surface area (Å²) in [6.07, 6.45) is 4.74. The third-order valence-electron chi connectivity index (χ3n) is 1.52. The zero-order chi connectivity index (χ0) is 8.48. The Hall–Kier alpha value is -0.573. The van der Waals surface area contributed by atoms with Crippen molar-refractivity contribution >= 4 is 8.07 Å². The van der Waals surface area contributed by atoms with Crippen LogP contribution in [0.15, 0.2) is 17.1 Å². The van der Waals surface area contributed by atoms with E-state index in [1.54, 1.807) is 12.7 Å². The van der Waals surface area contributed by atoms with Crippen molar-refractivity contribution in [3.8, 4) is 0 Å². The van der Waals surface area contributed by atoms with Crippen LogP contribution in [0.1, 0.15) is 5.69 Å². The number of aryl methyl sites for hydroxylation is 1. The molecule has 0 bridgehead atoms. The molecule has 1 aromatic heterocycles. The standard InChI is InChI=1S/C8H16NOSi/c1-8-5-10-6-9(8)7-11(2,3)4/h5-6H,7H2,1-4H3/q+1. The van der Waals surface area contributed by atoms with E-state index >= 15 is 0 Å². The minimum atomic E-state index is -0.990. The summed E-state index contributed by atoms with van der Waals surface area (Å²) in [4.78, 5) is 0. The van der Waals surface area contributed by atoms with Crippen LogP contribution in [0.2, 0.25) is 19.6 Å². The highest BCUT2D eigenvalue weighted by molar-refractivity contribution is 6.74. The van der Waals surface area contributed by atoms with Crippen molar-refractivity contribution in [2.45, 2.75) is 32.7 Å². The van der Waals surface area contributed by atoms with Crippen molar-refractivity contribution in [1.29, 1.82) is 0 Å². The van der Waals surface area contributed by atoms with Gasteiger partial charge in [-0.15, -0.1) is 0 Å². The molecule has 0 N–H and O–H groups in total. The molecule has 0 fully saturated rings. The first-order chi connectivity index (χ1) is 4.99.